The van der Waals surface area contributed by atoms with E-state index in [9.17, 15) is 9.18 Å². The lowest BCUT2D eigenvalue weighted by molar-refractivity contribution is 0.0952. The second-order valence-electron chi connectivity index (χ2n) is 6.11. The maximum absolute atomic E-state index is 13.7. The number of ether oxygens (including phenoxy) is 1. The number of nitrogens with zero attached hydrogens (tertiary/aromatic N) is 5. The second-order valence-corrected chi connectivity index (χ2v) is 6.11. The SMILES string of the molecule is COc1ccc2c(ccn2CCNC(=O)c2cc(F)ccc2-n2cnnn2)c1. The standard InChI is InChI=1S/C19H17FN6O2/c1-28-15-3-5-17-13(10-15)6-8-25(17)9-7-21-19(27)16-11-14(20)2-4-18(16)26-12-22-23-24-26/h2-6,8,10-12H,7,9H2,1H3,(H,21,27). The van der Waals surface area contributed by atoms with Crippen LogP contribution in [-0.4, -0.2) is 44.3 Å². The number of carbonyl (C=O) groups is 1. The molecular formula is C19H17FN6O2. The van der Waals surface area contributed by atoms with E-state index in [1.165, 1.54) is 29.2 Å². The molecule has 2 heterocycles. The summed E-state index contributed by atoms with van der Waals surface area (Å²) in [5.41, 5.74) is 1.60. The van der Waals surface area contributed by atoms with E-state index < -0.39 is 11.7 Å². The average molecular weight is 380 g/mol. The second kappa shape index (κ2) is 7.47. The van der Waals surface area contributed by atoms with Crippen LogP contribution in [0.3, 0.4) is 0 Å². The number of methoxy groups -OCH3 is 1. The highest BCUT2D eigenvalue weighted by Crippen LogP contribution is 2.21. The van der Waals surface area contributed by atoms with Gasteiger partial charge in [0.15, 0.2) is 0 Å². The molecule has 0 saturated heterocycles. The van der Waals surface area contributed by atoms with E-state index in [-0.39, 0.29) is 5.56 Å². The lowest BCUT2D eigenvalue weighted by Crippen LogP contribution is -2.28. The summed E-state index contributed by atoms with van der Waals surface area (Å²) in [5, 5.41) is 14.7. The number of aromatic nitrogens is 5. The van der Waals surface area contributed by atoms with Gasteiger partial charge in [0.25, 0.3) is 5.91 Å². The van der Waals surface area contributed by atoms with Crippen molar-refractivity contribution in [1.29, 1.82) is 0 Å². The summed E-state index contributed by atoms with van der Waals surface area (Å²) >= 11 is 0. The summed E-state index contributed by atoms with van der Waals surface area (Å²) < 4.78 is 22.3. The van der Waals surface area contributed by atoms with Crippen molar-refractivity contribution >= 4 is 16.8 Å². The minimum Gasteiger partial charge on any atom is -0.497 e. The molecule has 2 aromatic heterocycles. The molecule has 1 N–H and O–H groups in total. The van der Waals surface area contributed by atoms with E-state index in [0.717, 1.165) is 16.7 Å². The fraction of sp³-hybridized carbons (Fsp3) is 0.158. The highest BCUT2D eigenvalue weighted by atomic mass is 19.1. The first-order valence-corrected chi connectivity index (χ1v) is 8.60. The Bertz CT molecular complexity index is 1120. The van der Waals surface area contributed by atoms with Crippen molar-refractivity contribution in [3.63, 3.8) is 0 Å². The lowest BCUT2D eigenvalue weighted by Gasteiger charge is -2.11. The third-order valence-corrected chi connectivity index (χ3v) is 4.42. The molecule has 0 aliphatic heterocycles. The number of nitrogens with one attached hydrogen (secondary N) is 1. The van der Waals surface area contributed by atoms with Crippen molar-refractivity contribution in [3.05, 3.63) is 66.4 Å². The van der Waals surface area contributed by atoms with Crippen LogP contribution < -0.4 is 10.1 Å². The number of hydrogen-bond donors (Lipinski definition) is 1. The van der Waals surface area contributed by atoms with Gasteiger partial charge in [0.1, 0.15) is 17.9 Å². The van der Waals surface area contributed by atoms with Gasteiger partial charge in [-0.1, -0.05) is 0 Å². The van der Waals surface area contributed by atoms with Gasteiger partial charge in [0.2, 0.25) is 0 Å². The molecule has 4 rings (SSSR count). The number of benzene rings is 2. The predicted molar refractivity (Wildman–Crippen MR) is 99.9 cm³/mol. The normalized spacial score (nSPS) is 10.9. The molecule has 0 fully saturated rings. The van der Waals surface area contributed by atoms with Crippen LogP contribution in [-0.2, 0) is 6.54 Å². The maximum Gasteiger partial charge on any atom is 0.253 e. The molecule has 0 bridgehead atoms. The van der Waals surface area contributed by atoms with E-state index in [1.54, 1.807) is 7.11 Å². The van der Waals surface area contributed by atoms with Crippen LogP contribution in [0.2, 0.25) is 0 Å². The smallest absolute Gasteiger partial charge is 0.253 e. The van der Waals surface area contributed by atoms with Crippen molar-refractivity contribution in [2.75, 3.05) is 13.7 Å². The summed E-state index contributed by atoms with van der Waals surface area (Å²) in [6, 6.07) is 11.7. The van der Waals surface area contributed by atoms with Crippen molar-refractivity contribution < 1.29 is 13.9 Å². The first kappa shape index (κ1) is 17.7. The van der Waals surface area contributed by atoms with Gasteiger partial charge in [-0.3, -0.25) is 4.79 Å². The zero-order chi connectivity index (χ0) is 19.5. The lowest BCUT2D eigenvalue weighted by atomic mass is 10.1. The quantitative estimate of drug-likeness (QED) is 0.554. The van der Waals surface area contributed by atoms with E-state index in [0.29, 0.717) is 18.8 Å². The minimum atomic E-state index is -0.507. The summed E-state index contributed by atoms with van der Waals surface area (Å²) in [6.45, 7) is 0.942. The Morgan fingerprint density at radius 2 is 2.11 bits per heavy atom. The molecule has 0 radical (unpaired) electrons. The molecule has 28 heavy (non-hydrogen) atoms. The van der Waals surface area contributed by atoms with Crippen molar-refractivity contribution in [2.45, 2.75) is 6.54 Å². The molecule has 9 heteroatoms. The third-order valence-electron chi connectivity index (χ3n) is 4.42. The van der Waals surface area contributed by atoms with Crippen LogP contribution in [0.25, 0.3) is 16.6 Å². The fourth-order valence-corrected chi connectivity index (χ4v) is 3.05. The predicted octanol–water partition coefficient (Wildman–Crippen LogP) is 2.19. The highest BCUT2D eigenvalue weighted by molar-refractivity contribution is 5.97. The fourth-order valence-electron chi connectivity index (χ4n) is 3.05. The summed E-state index contributed by atoms with van der Waals surface area (Å²) in [4.78, 5) is 12.6. The highest BCUT2D eigenvalue weighted by Gasteiger charge is 2.15. The van der Waals surface area contributed by atoms with E-state index >= 15 is 0 Å². The van der Waals surface area contributed by atoms with E-state index in [1.807, 2.05) is 35.0 Å². The average Bonchev–Trinajstić information content (AvgIpc) is 3.37. The monoisotopic (exact) mass is 380 g/mol. The van der Waals surface area contributed by atoms with Gasteiger partial charge in [-0.05, 0) is 52.9 Å². The van der Waals surface area contributed by atoms with Crippen LogP contribution >= 0.6 is 0 Å². The number of amides is 1. The molecule has 0 spiro atoms. The number of rotatable bonds is 6. The molecule has 0 unspecified atom stereocenters. The minimum absolute atomic E-state index is 0.161. The Hall–Kier alpha value is -3.75. The number of hydrogen-bond acceptors (Lipinski definition) is 5. The molecule has 142 valence electrons. The molecule has 0 aliphatic rings. The summed E-state index contributed by atoms with van der Waals surface area (Å²) in [6.07, 6.45) is 3.30. The molecule has 1 amide bonds. The summed E-state index contributed by atoms with van der Waals surface area (Å²) in [7, 11) is 1.63. The van der Waals surface area contributed by atoms with Crippen molar-refractivity contribution in [2.24, 2.45) is 0 Å². The molecule has 0 saturated carbocycles. The largest absolute Gasteiger partial charge is 0.497 e. The van der Waals surface area contributed by atoms with Crippen molar-refractivity contribution in [1.82, 2.24) is 30.1 Å². The molecule has 2 aromatic carbocycles. The van der Waals surface area contributed by atoms with Gasteiger partial charge in [0.05, 0.1) is 18.4 Å². The number of carbonyl (C=O) groups excluding carboxylic acids is 1. The van der Waals surface area contributed by atoms with Crippen molar-refractivity contribution in [3.8, 4) is 11.4 Å². The van der Waals surface area contributed by atoms with E-state index in [2.05, 4.69) is 20.8 Å². The first-order chi connectivity index (χ1) is 13.7. The Balaban J connectivity index is 1.48. The topological polar surface area (TPSA) is 86.9 Å². The third kappa shape index (κ3) is 3.41. The van der Waals surface area contributed by atoms with Crippen LogP contribution in [0.1, 0.15) is 10.4 Å². The molecule has 0 atom stereocenters. The van der Waals surface area contributed by atoms with Gasteiger partial charge in [-0.2, -0.15) is 4.68 Å². The van der Waals surface area contributed by atoms with Crippen LogP contribution in [0.15, 0.2) is 55.0 Å². The molecule has 0 aliphatic carbocycles. The first-order valence-electron chi connectivity index (χ1n) is 8.60. The zero-order valence-corrected chi connectivity index (χ0v) is 15.0. The molecular weight excluding hydrogens is 363 g/mol. The number of fused-ring (bicyclic) bond motifs is 1. The van der Waals surface area contributed by atoms with Gasteiger partial charge >= 0.3 is 0 Å². The Labute approximate surface area is 159 Å². The Kier molecular flexibility index (Phi) is 4.71. The van der Waals surface area contributed by atoms with Gasteiger partial charge in [-0.15, -0.1) is 5.10 Å². The maximum atomic E-state index is 13.7. The Morgan fingerprint density at radius 1 is 1.21 bits per heavy atom. The number of tetrazole rings is 1. The van der Waals surface area contributed by atoms with Crippen LogP contribution in [0.5, 0.6) is 5.75 Å². The molecule has 4 aromatic rings. The van der Waals surface area contributed by atoms with E-state index in [4.69, 9.17) is 4.74 Å². The van der Waals surface area contributed by atoms with Gasteiger partial charge < -0.3 is 14.6 Å². The van der Waals surface area contributed by atoms with Gasteiger partial charge in [0, 0.05) is 30.2 Å². The Morgan fingerprint density at radius 3 is 2.89 bits per heavy atom. The molecule has 8 nitrogen and oxygen atoms in total. The van der Waals surface area contributed by atoms with Gasteiger partial charge in [-0.25, -0.2) is 4.39 Å². The zero-order valence-electron chi connectivity index (χ0n) is 15.0. The number of halogens is 1. The van der Waals surface area contributed by atoms with Crippen LogP contribution in [0, 0.1) is 5.82 Å². The van der Waals surface area contributed by atoms with Crippen LogP contribution in [0.4, 0.5) is 4.39 Å². The summed E-state index contributed by atoms with van der Waals surface area (Å²) in [5.74, 6) is -0.116.